The van der Waals surface area contributed by atoms with E-state index in [-0.39, 0.29) is 11.9 Å². The van der Waals surface area contributed by atoms with Gasteiger partial charge in [0.1, 0.15) is 5.01 Å². The van der Waals surface area contributed by atoms with Crippen LogP contribution >= 0.6 is 11.3 Å². The zero-order valence-corrected chi connectivity index (χ0v) is 13.2. The topological polar surface area (TPSA) is 46.1 Å². The predicted molar refractivity (Wildman–Crippen MR) is 83.5 cm³/mol. The summed E-state index contributed by atoms with van der Waals surface area (Å²) in [6.07, 6.45) is 4.89. The van der Waals surface area contributed by atoms with E-state index in [0.29, 0.717) is 5.56 Å². The highest BCUT2D eigenvalue weighted by atomic mass is 32.1. The lowest BCUT2D eigenvalue weighted by atomic mass is 10.0. The van der Waals surface area contributed by atoms with E-state index < -0.39 is 0 Å². The van der Waals surface area contributed by atoms with E-state index in [4.69, 9.17) is 0 Å². The Labute approximate surface area is 128 Å². The van der Waals surface area contributed by atoms with E-state index in [0.717, 1.165) is 42.2 Å². The molecule has 3 heterocycles. The van der Waals surface area contributed by atoms with Crippen LogP contribution in [0.1, 0.15) is 52.1 Å². The molecule has 1 aliphatic heterocycles. The van der Waals surface area contributed by atoms with Gasteiger partial charge in [0.25, 0.3) is 5.91 Å². The Bertz CT molecular complexity index is 635. The number of hydrogen-bond donors (Lipinski definition) is 0. The maximum absolute atomic E-state index is 12.8. The molecule has 3 rings (SSSR count). The number of carbonyl (C=O) groups is 1. The lowest BCUT2D eigenvalue weighted by Crippen LogP contribution is -2.38. The molecule has 0 N–H and O–H groups in total. The molecule has 0 bridgehead atoms. The van der Waals surface area contributed by atoms with Gasteiger partial charge in [-0.1, -0.05) is 0 Å². The third kappa shape index (κ3) is 2.97. The molecule has 0 aromatic carbocycles. The molecule has 1 amide bonds. The van der Waals surface area contributed by atoms with Gasteiger partial charge in [0.2, 0.25) is 0 Å². The van der Waals surface area contributed by atoms with Crippen LogP contribution in [0.3, 0.4) is 0 Å². The molecule has 110 valence electrons. The van der Waals surface area contributed by atoms with Crippen molar-refractivity contribution in [3.05, 3.63) is 45.7 Å². The quantitative estimate of drug-likeness (QED) is 0.852. The smallest absolute Gasteiger partial charge is 0.256 e. The van der Waals surface area contributed by atoms with Crippen molar-refractivity contribution < 1.29 is 4.79 Å². The molecule has 2 aromatic rings. The number of pyridine rings is 1. The second kappa shape index (κ2) is 5.93. The fourth-order valence-corrected chi connectivity index (χ4v) is 3.66. The highest BCUT2D eigenvalue weighted by molar-refractivity contribution is 7.09. The summed E-state index contributed by atoms with van der Waals surface area (Å²) < 4.78 is 0. The number of aryl methyl sites for hydroxylation is 2. The Morgan fingerprint density at radius 2 is 2.14 bits per heavy atom. The summed E-state index contributed by atoms with van der Waals surface area (Å²) in [4.78, 5) is 23.6. The maximum atomic E-state index is 12.8. The minimum atomic E-state index is 0.0695. The van der Waals surface area contributed by atoms with Gasteiger partial charge in [-0.15, -0.1) is 11.3 Å². The van der Waals surface area contributed by atoms with Crippen molar-refractivity contribution in [2.24, 2.45) is 0 Å². The standard InChI is InChI=1S/C16H19N3OS/c1-11-6-7-13(9-17-11)16(20)19-8-4-3-5-14(19)15-18-12(2)10-21-15/h6-7,9-10,14H,3-5,8H2,1-2H3/t14-/m0/s1. The lowest BCUT2D eigenvalue weighted by Gasteiger charge is -2.34. The van der Waals surface area contributed by atoms with Crippen LogP contribution in [-0.2, 0) is 0 Å². The van der Waals surface area contributed by atoms with Gasteiger partial charge in [-0.25, -0.2) is 4.98 Å². The van der Waals surface area contributed by atoms with Gasteiger partial charge >= 0.3 is 0 Å². The van der Waals surface area contributed by atoms with E-state index >= 15 is 0 Å². The second-order valence-corrected chi connectivity index (χ2v) is 6.42. The van der Waals surface area contributed by atoms with Crippen LogP contribution in [0.15, 0.2) is 23.7 Å². The first-order chi connectivity index (χ1) is 10.1. The van der Waals surface area contributed by atoms with E-state index in [9.17, 15) is 4.79 Å². The van der Waals surface area contributed by atoms with Gasteiger partial charge < -0.3 is 4.90 Å². The van der Waals surface area contributed by atoms with E-state index in [1.807, 2.05) is 30.9 Å². The average molecular weight is 301 g/mol. The van der Waals surface area contributed by atoms with Gasteiger partial charge in [0.15, 0.2) is 0 Å². The molecular weight excluding hydrogens is 282 g/mol. The molecule has 0 radical (unpaired) electrons. The second-order valence-electron chi connectivity index (χ2n) is 5.53. The van der Waals surface area contributed by atoms with Crippen molar-refractivity contribution in [3.63, 3.8) is 0 Å². The minimum Gasteiger partial charge on any atom is -0.329 e. The number of hydrogen-bond acceptors (Lipinski definition) is 4. The van der Waals surface area contributed by atoms with Crippen molar-refractivity contribution >= 4 is 17.2 Å². The number of rotatable bonds is 2. The molecule has 4 nitrogen and oxygen atoms in total. The van der Waals surface area contributed by atoms with Crippen LogP contribution in [0.25, 0.3) is 0 Å². The van der Waals surface area contributed by atoms with Crippen molar-refractivity contribution in [1.82, 2.24) is 14.9 Å². The highest BCUT2D eigenvalue weighted by Gasteiger charge is 2.30. The monoisotopic (exact) mass is 301 g/mol. The number of aromatic nitrogens is 2. The number of carbonyl (C=O) groups excluding carboxylic acids is 1. The van der Waals surface area contributed by atoms with E-state index in [1.54, 1.807) is 17.5 Å². The van der Waals surface area contributed by atoms with Gasteiger partial charge in [-0.3, -0.25) is 9.78 Å². The van der Waals surface area contributed by atoms with Gasteiger partial charge in [0.05, 0.1) is 11.6 Å². The molecule has 5 heteroatoms. The predicted octanol–water partition coefficient (Wildman–Crippen LogP) is 3.52. The fraction of sp³-hybridized carbons (Fsp3) is 0.438. The molecule has 0 spiro atoms. The van der Waals surface area contributed by atoms with Gasteiger partial charge in [0, 0.05) is 29.5 Å². The van der Waals surface area contributed by atoms with Crippen molar-refractivity contribution in [2.45, 2.75) is 39.2 Å². The number of amides is 1. The summed E-state index contributed by atoms with van der Waals surface area (Å²) in [5, 5.41) is 3.11. The molecule has 0 saturated carbocycles. The minimum absolute atomic E-state index is 0.0695. The first-order valence-corrected chi connectivity index (χ1v) is 8.19. The van der Waals surface area contributed by atoms with Crippen molar-refractivity contribution in [2.75, 3.05) is 6.54 Å². The normalized spacial score (nSPS) is 18.8. The Balaban J connectivity index is 1.87. The Morgan fingerprint density at radius 1 is 1.29 bits per heavy atom. The highest BCUT2D eigenvalue weighted by Crippen LogP contribution is 2.33. The number of likely N-dealkylation sites (tertiary alicyclic amines) is 1. The molecule has 2 aromatic heterocycles. The summed E-state index contributed by atoms with van der Waals surface area (Å²) in [5.74, 6) is 0.0695. The average Bonchev–Trinajstić information content (AvgIpc) is 2.94. The van der Waals surface area contributed by atoms with Crippen LogP contribution in [0, 0.1) is 13.8 Å². The van der Waals surface area contributed by atoms with Crippen LogP contribution in [0.2, 0.25) is 0 Å². The van der Waals surface area contributed by atoms with Gasteiger partial charge in [-0.2, -0.15) is 0 Å². The molecule has 1 saturated heterocycles. The van der Waals surface area contributed by atoms with Gasteiger partial charge in [-0.05, 0) is 45.2 Å². The third-order valence-corrected chi connectivity index (χ3v) is 4.91. The number of thiazole rings is 1. The van der Waals surface area contributed by atoms with Crippen molar-refractivity contribution in [3.8, 4) is 0 Å². The Hall–Kier alpha value is -1.75. The first-order valence-electron chi connectivity index (χ1n) is 7.31. The zero-order chi connectivity index (χ0) is 14.8. The molecule has 1 aliphatic rings. The number of nitrogens with zero attached hydrogens (tertiary/aromatic N) is 3. The maximum Gasteiger partial charge on any atom is 0.256 e. The van der Waals surface area contributed by atoms with Crippen molar-refractivity contribution in [1.29, 1.82) is 0 Å². The Morgan fingerprint density at radius 3 is 2.81 bits per heavy atom. The third-order valence-electron chi connectivity index (χ3n) is 3.84. The molecule has 1 atom stereocenters. The molecular formula is C16H19N3OS. The fourth-order valence-electron chi connectivity index (χ4n) is 2.72. The molecule has 0 aliphatic carbocycles. The first kappa shape index (κ1) is 14.2. The molecule has 1 fully saturated rings. The van der Waals surface area contributed by atoms with Crippen LogP contribution < -0.4 is 0 Å². The SMILES string of the molecule is Cc1ccc(C(=O)N2CCCC[C@H]2c2nc(C)cs2)cn1. The van der Waals surface area contributed by atoms with Crippen LogP contribution in [0.5, 0.6) is 0 Å². The van der Waals surface area contributed by atoms with E-state index in [2.05, 4.69) is 15.3 Å². The van der Waals surface area contributed by atoms with Crippen LogP contribution in [-0.4, -0.2) is 27.3 Å². The summed E-state index contributed by atoms with van der Waals surface area (Å²) in [7, 11) is 0. The Kier molecular flexibility index (Phi) is 4.01. The summed E-state index contributed by atoms with van der Waals surface area (Å²) in [6.45, 7) is 4.73. The summed E-state index contributed by atoms with van der Waals surface area (Å²) >= 11 is 1.65. The summed E-state index contributed by atoms with van der Waals surface area (Å²) in [5.41, 5.74) is 2.63. The molecule has 0 unspecified atom stereocenters. The van der Waals surface area contributed by atoms with E-state index in [1.165, 1.54) is 0 Å². The zero-order valence-electron chi connectivity index (χ0n) is 12.4. The van der Waals surface area contributed by atoms with Crippen LogP contribution in [0.4, 0.5) is 0 Å². The molecule has 21 heavy (non-hydrogen) atoms. The largest absolute Gasteiger partial charge is 0.329 e. The lowest BCUT2D eigenvalue weighted by molar-refractivity contribution is 0.0610. The number of piperidine rings is 1. The summed E-state index contributed by atoms with van der Waals surface area (Å²) in [6, 6.07) is 3.87.